The Morgan fingerprint density at radius 2 is 1.57 bits per heavy atom. The van der Waals surface area contributed by atoms with Crippen LogP contribution in [0.5, 0.6) is 0 Å². The summed E-state index contributed by atoms with van der Waals surface area (Å²) in [5, 5.41) is 3.23. The molecule has 0 heterocycles. The number of hydrogen-bond acceptors (Lipinski definition) is 2. The molecule has 0 rings (SSSR count). The molecule has 1 unspecified atom stereocenters. The van der Waals surface area contributed by atoms with E-state index in [0.717, 1.165) is 19.1 Å². The molecular weight excluding hydrogens is 174 g/mol. The lowest BCUT2D eigenvalue weighted by molar-refractivity contribution is 0.122. The van der Waals surface area contributed by atoms with E-state index < -0.39 is 0 Å². The molecule has 0 aliphatic heterocycles. The highest BCUT2D eigenvalue weighted by atomic mass is 16.5. The number of hydrogen-bond donors (Lipinski definition) is 1. The van der Waals surface area contributed by atoms with Crippen molar-refractivity contribution < 1.29 is 4.74 Å². The van der Waals surface area contributed by atoms with Crippen molar-refractivity contribution in [1.29, 1.82) is 0 Å². The van der Waals surface area contributed by atoms with Crippen LogP contribution in [0.4, 0.5) is 0 Å². The molecule has 2 heteroatoms. The third-order valence-electron chi connectivity index (χ3n) is 2.49. The van der Waals surface area contributed by atoms with Gasteiger partial charge >= 0.3 is 0 Å². The van der Waals surface area contributed by atoms with E-state index in [4.69, 9.17) is 4.74 Å². The van der Waals surface area contributed by atoms with Gasteiger partial charge in [0.15, 0.2) is 0 Å². The minimum Gasteiger partial charge on any atom is -0.381 e. The standard InChI is InChI=1S/C12H27NO/c1-11(2)7-5-9-14-10-6-8-12(3)13-4/h11-13H,5-10H2,1-4H3. The van der Waals surface area contributed by atoms with Gasteiger partial charge in [-0.25, -0.2) is 0 Å². The topological polar surface area (TPSA) is 21.3 Å². The van der Waals surface area contributed by atoms with Gasteiger partial charge in [0, 0.05) is 19.3 Å². The average molecular weight is 201 g/mol. The fourth-order valence-corrected chi connectivity index (χ4v) is 1.33. The summed E-state index contributed by atoms with van der Waals surface area (Å²) in [5.74, 6) is 0.808. The van der Waals surface area contributed by atoms with Crippen LogP contribution in [0.15, 0.2) is 0 Å². The van der Waals surface area contributed by atoms with Crippen molar-refractivity contribution in [3.8, 4) is 0 Å². The molecule has 1 atom stereocenters. The van der Waals surface area contributed by atoms with Crippen LogP contribution >= 0.6 is 0 Å². The lowest BCUT2D eigenvalue weighted by Crippen LogP contribution is -2.21. The second-order valence-electron chi connectivity index (χ2n) is 4.48. The van der Waals surface area contributed by atoms with Gasteiger partial charge in [0.05, 0.1) is 0 Å². The van der Waals surface area contributed by atoms with Crippen LogP contribution in [0.1, 0.15) is 46.5 Å². The molecule has 0 aliphatic rings. The second kappa shape index (κ2) is 9.47. The fourth-order valence-electron chi connectivity index (χ4n) is 1.33. The van der Waals surface area contributed by atoms with Gasteiger partial charge in [-0.15, -0.1) is 0 Å². The van der Waals surface area contributed by atoms with Gasteiger partial charge in [-0.05, 0) is 45.6 Å². The van der Waals surface area contributed by atoms with Crippen molar-refractivity contribution in [1.82, 2.24) is 5.32 Å². The Labute approximate surface area is 89.4 Å². The average Bonchev–Trinajstić information content (AvgIpc) is 2.15. The van der Waals surface area contributed by atoms with E-state index in [9.17, 15) is 0 Å². The van der Waals surface area contributed by atoms with Crippen LogP contribution < -0.4 is 5.32 Å². The maximum atomic E-state index is 5.55. The zero-order valence-electron chi connectivity index (χ0n) is 10.3. The first-order valence-corrected chi connectivity index (χ1v) is 5.91. The van der Waals surface area contributed by atoms with Crippen molar-refractivity contribution in [3.05, 3.63) is 0 Å². The van der Waals surface area contributed by atoms with Gasteiger partial charge in [0.1, 0.15) is 0 Å². The molecule has 0 saturated heterocycles. The monoisotopic (exact) mass is 201 g/mol. The number of nitrogens with one attached hydrogen (secondary N) is 1. The van der Waals surface area contributed by atoms with E-state index in [2.05, 4.69) is 26.1 Å². The number of rotatable bonds is 9. The summed E-state index contributed by atoms with van der Waals surface area (Å²) in [6.45, 7) is 8.58. The molecule has 0 aliphatic carbocycles. The first-order valence-electron chi connectivity index (χ1n) is 5.91. The third kappa shape index (κ3) is 10.0. The van der Waals surface area contributed by atoms with Crippen LogP contribution in [0.25, 0.3) is 0 Å². The van der Waals surface area contributed by atoms with Crippen LogP contribution in [-0.2, 0) is 4.74 Å². The van der Waals surface area contributed by atoms with E-state index in [1.54, 1.807) is 0 Å². The first kappa shape index (κ1) is 13.9. The Kier molecular flexibility index (Phi) is 9.42. The van der Waals surface area contributed by atoms with Gasteiger partial charge in [-0.3, -0.25) is 0 Å². The summed E-state index contributed by atoms with van der Waals surface area (Å²) in [4.78, 5) is 0. The molecule has 14 heavy (non-hydrogen) atoms. The minimum atomic E-state index is 0.620. The highest BCUT2D eigenvalue weighted by Gasteiger charge is 1.97. The Balaban J connectivity index is 2.99. The lowest BCUT2D eigenvalue weighted by Gasteiger charge is -2.10. The zero-order valence-corrected chi connectivity index (χ0v) is 10.3. The van der Waals surface area contributed by atoms with Crippen LogP contribution in [-0.4, -0.2) is 26.3 Å². The molecule has 0 aromatic carbocycles. The minimum absolute atomic E-state index is 0.620. The Morgan fingerprint density at radius 3 is 2.07 bits per heavy atom. The summed E-state index contributed by atoms with van der Waals surface area (Å²) in [6, 6.07) is 0.620. The van der Waals surface area contributed by atoms with Crippen molar-refractivity contribution in [2.75, 3.05) is 20.3 Å². The van der Waals surface area contributed by atoms with Crippen molar-refractivity contribution in [2.45, 2.75) is 52.5 Å². The largest absolute Gasteiger partial charge is 0.381 e. The van der Waals surface area contributed by atoms with Crippen molar-refractivity contribution in [3.63, 3.8) is 0 Å². The smallest absolute Gasteiger partial charge is 0.0466 e. The van der Waals surface area contributed by atoms with E-state index >= 15 is 0 Å². The molecule has 0 bridgehead atoms. The molecular formula is C12H27NO. The SMILES string of the molecule is CNC(C)CCCOCCCC(C)C. The fraction of sp³-hybridized carbons (Fsp3) is 1.00. The molecule has 86 valence electrons. The maximum Gasteiger partial charge on any atom is 0.0466 e. The van der Waals surface area contributed by atoms with E-state index in [-0.39, 0.29) is 0 Å². The quantitative estimate of drug-likeness (QED) is 0.579. The Bertz CT molecular complexity index is 115. The molecule has 0 spiro atoms. The van der Waals surface area contributed by atoms with E-state index in [1.165, 1.54) is 25.7 Å². The first-order chi connectivity index (χ1) is 6.66. The zero-order chi connectivity index (χ0) is 10.8. The van der Waals surface area contributed by atoms with Gasteiger partial charge < -0.3 is 10.1 Å². The third-order valence-corrected chi connectivity index (χ3v) is 2.49. The molecule has 2 nitrogen and oxygen atoms in total. The van der Waals surface area contributed by atoms with Crippen LogP contribution in [0, 0.1) is 5.92 Å². The van der Waals surface area contributed by atoms with Crippen molar-refractivity contribution >= 4 is 0 Å². The van der Waals surface area contributed by atoms with Gasteiger partial charge in [0.25, 0.3) is 0 Å². The Hall–Kier alpha value is -0.0800. The molecule has 0 aromatic rings. The summed E-state index contributed by atoms with van der Waals surface area (Å²) in [6.07, 6.45) is 4.87. The van der Waals surface area contributed by atoms with Gasteiger partial charge in [0.2, 0.25) is 0 Å². The summed E-state index contributed by atoms with van der Waals surface area (Å²) in [7, 11) is 2.01. The lowest BCUT2D eigenvalue weighted by atomic mass is 10.1. The van der Waals surface area contributed by atoms with E-state index in [0.29, 0.717) is 6.04 Å². The normalized spacial score (nSPS) is 13.5. The highest BCUT2D eigenvalue weighted by Crippen LogP contribution is 2.03. The molecule has 0 fully saturated rings. The predicted molar refractivity (Wildman–Crippen MR) is 62.6 cm³/mol. The number of ether oxygens (including phenoxy) is 1. The molecule has 0 aromatic heterocycles. The van der Waals surface area contributed by atoms with Crippen molar-refractivity contribution in [2.24, 2.45) is 5.92 Å². The predicted octanol–water partition coefficient (Wildman–Crippen LogP) is 2.83. The van der Waals surface area contributed by atoms with Gasteiger partial charge in [-0.2, -0.15) is 0 Å². The Morgan fingerprint density at radius 1 is 1.00 bits per heavy atom. The summed E-state index contributed by atoms with van der Waals surface area (Å²) >= 11 is 0. The van der Waals surface area contributed by atoms with Gasteiger partial charge in [-0.1, -0.05) is 13.8 Å². The second-order valence-corrected chi connectivity index (χ2v) is 4.48. The molecule has 1 N–H and O–H groups in total. The molecule has 0 saturated carbocycles. The molecule has 0 amide bonds. The maximum absolute atomic E-state index is 5.55. The summed E-state index contributed by atoms with van der Waals surface area (Å²) < 4.78 is 5.55. The van der Waals surface area contributed by atoms with Crippen LogP contribution in [0.3, 0.4) is 0 Å². The summed E-state index contributed by atoms with van der Waals surface area (Å²) in [5.41, 5.74) is 0. The van der Waals surface area contributed by atoms with Crippen LogP contribution in [0.2, 0.25) is 0 Å². The van der Waals surface area contributed by atoms with E-state index in [1.807, 2.05) is 7.05 Å². The molecule has 0 radical (unpaired) electrons. The highest BCUT2D eigenvalue weighted by molar-refractivity contribution is 4.55.